The van der Waals surface area contributed by atoms with Gasteiger partial charge in [-0.1, -0.05) is 12.1 Å². The lowest BCUT2D eigenvalue weighted by molar-refractivity contribution is -0.385. The van der Waals surface area contributed by atoms with Gasteiger partial charge >= 0.3 is 6.03 Å². The van der Waals surface area contributed by atoms with Crippen LogP contribution in [0.1, 0.15) is 15.9 Å². The highest BCUT2D eigenvalue weighted by Crippen LogP contribution is 2.21. The molecule has 0 spiro atoms. The lowest BCUT2D eigenvalue weighted by Gasteiger charge is -2.08. The summed E-state index contributed by atoms with van der Waals surface area (Å²) >= 11 is 0. The highest BCUT2D eigenvalue weighted by molar-refractivity contribution is 6.05. The van der Waals surface area contributed by atoms with Crippen LogP contribution < -0.4 is 16.4 Å². The molecule has 2 aromatic rings. The van der Waals surface area contributed by atoms with Gasteiger partial charge in [0.05, 0.1) is 4.92 Å². The van der Waals surface area contributed by atoms with Gasteiger partial charge in [-0.2, -0.15) is 0 Å². The minimum Gasteiger partial charge on any atom is -0.351 e. The van der Waals surface area contributed by atoms with Gasteiger partial charge in [-0.25, -0.2) is 4.79 Å². The van der Waals surface area contributed by atoms with Gasteiger partial charge in [0.2, 0.25) is 0 Å². The summed E-state index contributed by atoms with van der Waals surface area (Å²) in [6.45, 7) is 1.60. The number of aryl methyl sites for hydroxylation is 1. The largest absolute Gasteiger partial charge is 0.351 e. The number of urea groups is 1. The number of nitro benzene ring substituents is 1. The molecule has 0 atom stereocenters. The number of rotatable bonds is 4. The third-order valence-corrected chi connectivity index (χ3v) is 3.06. The van der Waals surface area contributed by atoms with E-state index in [0.29, 0.717) is 16.9 Å². The maximum atomic E-state index is 12.2. The number of nitrogens with one attached hydrogen (secondary N) is 2. The summed E-state index contributed by atoms with van der Waals surface area (Å²) in [5.41, 5.74) is 6.38. The molecule has 118 valence electrons. The van der Waals surface area contributed by atoms with Crippen LogP contribution in [0.15, 0.2) is 42.5 Å². The van der Waals surface area contributed by atoms with E-state index in [1.165, 1.54) is 24.3 Å². The first-order valence-electron chi connectivity index (χ1n) is 6.60. The zero-order valence-corrected chi connectivity index (χ0v) is 12.2. The van der Waals surface area contributed by atoms with Crippen molar-refractivity contribution in [2.75, 3.05) is 10.6 Å². The van der Waals surface area contributed by atoms with E-state index in [4.69, 9.17) is 5.73 Å². The molecule has 0 radical (unpaired) electrons. The highest BCUT2D eigenvalue weighted by atomic mass is 16.6. The molecule has 2 rings (SSSR count). The standard InChI is InChI=1S/C15H14N4O4/c1-9-5-6-10(7-13(9)19(22)23)14(20)17-11-3-2-4-12(8-11)18-15(16)21/h2-8H,1H3,(H,17,20)(H3,16,18,21). The van der Waals surface area contributed by atoms with Gasteiger partial charge in [0.1, 0.15) is 0 Å². The number of nitro groups is 1. The van der Waals surface area contributed by atoms with Crippen LogP contribution in [0.5, 0.6) is 0 Å². The third kappa shape index (κ3) is 4.03. The van der Waals surface area contributed by atoms with Crippen molar-refractivity contribution in [3.05, 3.63) is 63.7 Å². The Kier molecular flexibility index (Phi) is 4.55. The molecule has 0 fully saturated rings. The number of anilines is 2. The van der Waals surface area contributed by atoms with Gasteiger partial charge < -0.3 is 16.4 Å². The molecule has 3 amide bonds. The number of hydrogen-bond acceptors (Lipinski definition) is 4. The molecule has 0 aliphatic rings. The lowest BCUT2D eigenvalue weighted by atomic mass is 10.1. The van der Waals surface area contributed by atoms with Gasteiger partial charge in [-0.3, -0.25) is 14.9 Å². The Labute approximate surface area is 131 Å². The van der Waals surface area contributed by atoms with Crippen molar-refractivity contribution in [1.82, 2.24) is 0 Å². The Morgan fingerprint density at radius 3 is 2.35 bits per heavy atom. The molecule has 8 nitrogen and oxygen atoms in total. The van der Waals surface area contributed by atoms with Crippen molar-refractivity contribution < 1.29 is 14.5 Å². The van der Waals surface area contributed by atoms with E-state index in [2.05, 4.69) is 10.6 Å². The van der Waals surface area contributed by atoms with Crippen LogP contribution in [0.4, 0.5) is 21.9 Å². The Morgan fingerprint density at radius 2 is 1.74 bits per heavy atom. The lowest BCUT2D eigenvalue weighted by Crippen LogP contribution is -2.19. The minimum atomic E-state index is -0.720. The summed E-state index contributed by atoms with van der Waals surface area (Å²) in [6.07, 6.45) is 0. The number of nitrogens with two attached hydrogens (primary N) is 1. The molecule has 0 aromatic heterocycles. The summed E-state index contributed by atoms with van der Waals surface area (Å²) < 4.78 is 0. The molecule has 23 heavy (non-hydrogen) atoms. The summed E-state index contributed by atoms with van der Waals surface area (Å²) in [5.74, 6) is -0.496. The molecule has 0 saturated carbocycles. The first-order valence-corrected chi connectivity index (χ1v) is 6.60. The zero-order valence-electron chi connectivity index (χ0n) is 12.2. The van der Waals surface area contributed by atoms with Gasteiger partial charge in [0, 0.05) is 28.6 Å². The molecule has 4 N–H and O–H groups in total. The van der Waals surface area contributed by atoms with Crippen molar-refractivity contribution in [3.8, 4) is 0 Å². The normalized spacial score (nSPS) is 9.96. The molecular weight excluding hydrogens is 300 g/mol. The monoisotopic (exact) mass is 314 g/mol. The van der Waals surface area contributed by atoms with E-state index < -0.39 is 16.9 Å². The molecular formula is C15H14N4O4. The number of benzene rings is 2. The Morgan fingerprint density at radius 1 is 1.09 bits per heavy atom. The summed E-state index contributed by atoms with van der Waals surface area (Å²) in [5, 5.41) is 15.9. The van der Waals surface area contributed by atoms with Crippen LogP contribution in [0.2, 0.25) is 0 Å². The van der Waals surface area contributed by atoms with Gasteiger partial charge in [0.25, 0.3) is 11.6 Å². The molecule has 8 heteroatoms. The second-order valence-electron chi connectivity index (χ2n) is 4.78. The second-order valence-corrected chi connectivity index (χ2v) is 4.78. The minimum absolute atomic E-state index is 0.123. The van der Waals surface area contributed by atoms with Crippen molar-refractivity contribution in [2.24, 2.45) is 5.73 Å². The number of hydrogen-bond donors (Lipinski definition) is 3. The van der Waals surface area contributed by atoms with E-state index in [1.807, 2.05) is 0 Å². The van der Waals surface area contributed by atoms with Gasteiger partial charge in [-0.15, -0.1) is 0 Å². The van der Waals surface area contributed by atoms with Crippen molar-refractivity contribution in [3.63, 3.8) is 0 Å². The Balaban J connectivity index is 2.21. The summed E-state index contributed by atoms with van der Waals surface area (Å²) in [7, 11) is 0. The smallest absolute Gasteiger partial charge is 0.316 e. The van der Waals surface area contributed by atoms with Crippen LogP contribution in [-0.2, 0) is 0 Å². The molecule has 0 aliphatic heterocycles. The second kappa shape index (κ2) is 6.56. The third-order valence-electron chi connectivity index (χ3n) is 3.06. The van der Waals surface area contributed by atoms with E-state index in [9.17, 15) is 19.7 Å². The van der Waals surface area contributed by atoms with E-state index in [-0.39, 0.29) is 11.3 Å². The predicted molar refractivity (Wildman–Crippen MR) is 85.4 cm³/mol. The zero-order chi connectivity index (χ0) is 17.0. The summed E-state index contributed by atoms with van der Waals surface area (Å²) in [4.78, 5) is 33.4. The van der Waals surface area contributed by atoms with Crippen molar-refractivity contribution in [1.29, 1.82) is 0 Å². The highest BCUT2D eigenvalue weighted by Gasteiger charge is 2.15. The average Bonchev–Trinajstić information content (AvgIpc) is 2.46. The van der Waals surface area contributed by atoms with Crippen LogP contribution >= 0.6 is 0 Å². The van der Waals surface area contributed by atoms with E-state index in [0.717, 1.165) is 0 Å². The van der Waals surface area contributed by atoms with Crippen LogP contribution in [0.3, 0.4) is 0 Å². The quantitative estimate of drug-likeness (QED) is 0.592. The van der Waals surface area contributed by atoms with Crippen LogP contribution in [0.25, 0.3) is 0 Å². The molecule has 0 unspecified atom stereocenters. The Hall–Kier alpha value is -3.42. The maximum Gasteiger partial charge on any atom is 0.316 e. The maximum absolute atomic E-state index is 12.2. The van der Waals surface area contributed by atoms with Crippen molar-refractivity contribution >= 4 is 29.0 Å². The molecule has 0 aliphatic carbocycles. The number of nitrogens with zero attached hydrogens (tertiary/aromatic N) is 1. The number of amides is 3. The van der Waals surface area contributed by atoms with Crippen LogP contribution in [0, 0.1) is 17.0 Å². The fourth-order valence-corrected chi connectivity index (χ4v) is 1.97. The van der Waals surface area contributed by atoms with Gasteiger partial charge in [-0.05, 0) is 31.2 Å². The summed E-state index contributed by atoms with van der Waals surface area (Å²) in [6, 6.07) is 9.88. The topological polar surface area (TPSA) is 127 Å². The van der Waals surface area contributed by atoms with E-state index >= 15 is 0 Å². The SMILES string of the molecule is Cc1ccc(C(=O)Nc2cccc(NC(N)=O)c2)cc1[N+](=O)[O-]. The number of carbonyl (C=O) groups excluding carboxylic acids is 2. The average molecular weight is 314 g/mol. The first kappa shape index (κ1) is 16.0. The molecule has 2 aromatic carbocycles. The first-order chi connectivity index (χ1) is 10.9. The molecule has 0 heterocycles. The fraction of sp³-hybridized carbons (Fsp3) is 0.0667. The fourth-order valence-electron chi connectivity index (χ4n) is 1.97. The van der Waals surface area contributed by atoms with Crippen molar-refractivity contribution in [2.45, 2.75) is 6.92 Å². The van der Waals surface area contributed by atoms with E-state index in [1.54, 1.807) is 25.1 Å². The Bertz CT molecular complexity index is 789. The predicted octanol–water partition coefficient (Wildman–Crippen LogP) is 2.65. The van der Waals surface area contributed by atoms with Crippen LogP contribution in [-0.4, -0.2) is 16.9 Å². The molecule has 0 saturated heterocycles. The number of carbonyl (C=O) groups is 2. The van der Waals surface area contributed by atoms with Gasteiger partial charge in [0.15, 0.2) is 0 Å². The molecule has 0 bridgehead atoms. The number of primary amides is 1.